The SMILES string of the molecule is N#Cc1c(-c2ccccc2)nc(SCCCCOc2ccc(Cl)cc2)[nH]c1=O. The molecule has 0 amide bonds. The van der Waals surface area contributed by atoms with Crippen molar-refractivity contribution in [3.8, 4) is 23.1 Å². The molecule has 1 N–H and O–H groups in total. The fourth-order valence-corrected chi connectivity index (χ4v) is 3.51. The van der Waals surface area contributed by atoms with E-state index >= 15 is 0 Å². The van der Waals surface area contributed by atoms with Gasteiger partial charge >= 0.3 is 0 Å². The quantitative estimate of drug-likeness (QED) is 0.323. The summed E-state index contributed by atoms with van der Waals surface area (Å²) in [4.78, 5) is 19.4. The average Bonchev–Trinajstić information content (AvgIpc) is 2.72. The molecule has 0 aliphatic rings. The summed E-state index contributed by atoms with van der Waals surface area (Å²) < 4.78 is 5.66. The number of aromatic nitrogens is 2. The summed E-state index contributed by atoms with van der Waals surface area (Å²) in [6, 6.07) is 18.5. The smallest absolute Gasteiger partial charge is 0.270 e. The minimum atomic E-state index is -0.412. The second kappa shape index (κ2) is 9.98. The monoisotopic (exact) mass is 411 g/mol. The van der Waals surface area contributed by atoms with Gasteiger partial charge in [-0.05, 0) is 37.1 Å². The molecule has 1 aromatic heterocycles. The standard InChI is InChI=1S/C21H18ClN3O2S/c22-16-8-10-17(11-9-16)27-12-4-5-13-28-21-24-19(15-6-2-1-3-7-15)18(14-23)20(26)25-21/h1-3,6-11H,4-5,12-13H2,(H,24,25,26). The van der Waals surface area contributed by atoms with E-state index in [0.717, 1.165) is 29.9 Å². The molecule has 0 saturated heterocycles. The van der Waals surface area contributed by atoms with Crippen LogP contribution in [0.15, 0.2) is 64.5 Å². The van der Waals surface area contributed by atoms with Crippen molar-refractivity contribution in [3.05, 3.63) is 75.5 Å². The number of nitriles is 1. The summed E-state index contributed by atoms with van der Waals surface area (Å²) in [6.07, 6.45) is 1.78. The molecule has 0 aliphatic carbocycles. The molecule has 3 rings (SSSR count). The number of H-pyrrole nitrogens is 1. The third kappa shape index (κ3) is 5.38. The van der Waals surface area contributed by atoms with Crippen LogP contribution in [0.1, 0.15) is 18.4 Å². The fraction of sp³-hybridized carbons (Fsp3) is 0.190. The van der Waals surface area contributed by atoms with E-state index in [4.69, 9.17) is 16.3 Å². The number of hydrogen-bond donors (Lipinski definition) is 1. The predicted molar refractivity (Wildman–Crippen MR) is 112 cm³/mol. The maximum atomic E-state index is 12.2. The Morgan fingerprint density at radius 3 is 2.57 bits per heavy atom. The van der Waals surface area contributed by atoms with Gasteiger partial charge in [-0.2, -0.15) is 5.26 Å². The molecule has 0 atom stereocenters. The van der Waals surface area contributed by atoms with E-state index in [9.17, 15) is 10.1 Å². The van der Waals surface area contributed by atoms with Crippen molar-refractivity contribution < 1.29 is 4.74 Å². The molecule has 3 aromatic rings. The van der Waals surface area contributed by atoms with Crippen LogP contribution in [0, 0.1) is 11.3 Å². The lowest BCUT2D eigenvalue weighted by Crippen LogP contribution is -2.14. The Labute approximate surface area is 172 Å². The molecule has 1 heterocycles. The Bertz CT molecular complexity index is 1010. The third-order valence-electron chi connectivity index (χ3n) is 3.92. The highest BCUT2D eigenvalue weighted by atomic mass is 35.5. The lowest BCUT2D eigenvalue weighted by molar-refractivity contribution is 0.310. The number of benzene rings is 2. The van der Waals surface area contributed by atoms with E-state index in [2.05, 4.69) is 9.97 Å². The molecule has 0 aliphatic heterocycles. The van der Waals surface area contributed by atoms with E-state index in [1.807, 2.05) is 48.5 Å². The number of nitrogens with zero attached hydrogens (tertiary/aromatic N) is 2. The van der Waals surface area contributed by atoms with Crippen LogP contribution in [0.3, 0.4) is 0 Å². The maximum absolute atomic E-state index is 12.2. The summed E-state index contributed by atoms with van der Waals surface area (Å²) in [5.74, 6) is 1.58. The van der Waals surface area contributed by atoms with Crippen LogP contribution in [0.25, 0.3) is 11.3 Å². The van der Waals surface area contributed by atoms with Gasteiger partial charge in [-0.3, -0.25) is 4.79 Å². The Morgan fingerprint density at radius 1 is 1.11 bits per heavy atom. The van der Waals surface area contributed by atoms with E-state index in [1.54, 1.807) is 12.1 Å². The highest BCUT2D eigenvalue weighted by Crippen LogP contribution is 2.22. The van der Waals surface area contributed by atoms with Crippen molar-refractivity contribution in [2.75, 3.05) is 12.4 Å². The second-order valence-corrected chi connectivity index (χ2v) is 7.45. The number of rotatable bonds is 8. The summed E-state index contributed by atoms with van der Waals surface area (Å²) in [6.45, 7) is 0.606. The van der Waals surface area contributed by atoms with Crippen molar-refractivity contribution >= 4 is 23.4 Å². The van der Waals surface area contributed by atoms with Crippen molar-refractivity contribution in [1.82, 2.24) is 9.97 Å². The van der Waals surface area contributed by atoms with Crippen molar-refractivity contribution in [2.45, 2.75) is 18.0 Å². The fourth-order valence-electron chi connectivity index (χ4n) is 2.52. The van der Waals surface area contributed by atoms with E-state index in [1.165, 1.54) is 11.8 Å². The van der Waals surface area contributed by atoms with Crippen LogP contribution in [-0.2, 0) is 0 Å². The molecular weight excluding hydrogens is 394 g/mol. The Hall–Kier alpha value is -2.75. The largest absolute Gasteiger partial charge is 0.494 e. The molecular formula is C21H18ClN3O2S. The van der Waals surface area contributed by atoms with Crippen molar-refractivity contribution in [1.29, 1.82) is 5.26 Å². The lowest BCUT2D eigenvalue weighted by atomic mass is 10.1. The summed E-state index contributed by atoms with van der Waals surface area (Å²) in [5, 5.41) is 10.5. The molecule has 2 aromatic carbocycles. The summed E-state index contributed by atoms with van der Waals surface area (Å²) >= 11 is 7.31. The Kier molecular flexibility index (Phi) is 7.12. The second-order valence-electron chi connectivity index (χ2n) is 5.93. The third-order valence-corrected chi connectivity index (χ3v) is 5.13. The Morgan fingerprint density at radius 2 is 1.86 bits per heavy atom. The van der Waals surface area contributed by atoms with Gasteiger partial charge in [0.05, 0.1) is 12.3 Å². The average molecular weight is 412 g/mol. The highest BCUT2D eigenvalue weighted by molar-refractivity contribution is 7.99. The van der Waals surface area contributed by atoms with Gasteiger partial charge in [0.2, 0.25) is 0 Å². The molecule has 7 heteroatoms. The first kappa shape index (κ1) is 20.0. The first-order valence-electron chi connectivity index (χ1n) is 8.78. The zero-order chi connectivity index (χ0) is 19.8. The number of halogens is 1. The number of hydrogen-bond acceptors (Lipinski definition) is 5. The van der Waals surface area contributed by atoms with E-state index < -0.39 is 5.56 Å². The topological polar surface area (TPSA) is 78.8 Å². The molecule has 0 unspecified atom stereocenters. The minimum absolute atomic E-state index is 0.0342. The van der Waals surface area contributed by atoms with Gasteiger partial charge in [-0.15, -0.1) is 0 Å². The van der Waals surface area contributed by atoms with Gasteiger partial charge in [0.25, 0.3) is 5.56 Å². The zero-order valence-corrected chi connectivity index (χ0v) is 16.6. The molecule has 0 saturated carbocycles. The first-order valence-corrected chi connectivity index (χ1v) is 10.1. The van der Waals surface area contributed by atoms with Crippen molar-refractivity contribution in [2.24, 2.45) is 0 Å². The van der Waals surface area contributed by atoms with Gasteiger partial charge < -0.3 is 9.72 Å². The number of ether oxygens (including phenoxy) is 1. The van der Waals surface area contributed by atoms with Gasteiger partial charge in [0, 0.05) is 16.3 Å². The van der Waals surface area contributed by atoms with Crippen LogP contribution in [-0.4, -0.2) is 22.3 Å². The molecule has 0 bridgehead atoms. The lowest BCUT2D eigenvalue weighted by Gasteiger charge is -2.07. The number of thioether (sulfide) groups is 1. The van der Waals surface area contributed by atoms with Crippen LogP contribution in [0.2, 0.25) is 5.02 Å². The minimum Gasteiger partial charge on any atom is -0.494 e. The summed E-state index contributed by atoms with van der Waals surface area (Å²) in [5.41, 5.74) is 0.792. The van der Waals surface area contributed by atoms with Gasteiger partial charge in [-0.1, -0.05) is 53.7 Å². The van der Waals surface area contributed by atoms with Crippen LogP contribution in [0.4, 0.5) is 0 Å². The number of aromatic amines is 1. The highest BCUT2D eigenvalue weighted by Gasteiger charge is 2.13. The predicted octanol–water partition coefficient (Wildman–Crippen LogP) is 4.91. The van der Waals surface area contributed by atoms with Crippen LogP contribution < -0.4 is 10.3 Å². The van der Waals surface area contributed by atoms with Crippen LogP contribution >= 0.6 is 23.4 Å². The van der Waals surface area contributed by atoms with E-state index in [0.29, 0.717) is 22.5 Å². The molecule has 28 heavy (non-hydrogen) atoms. The molecule has 0 fully saturated rings. The molecule has 142 valence electrons. The molecule has 0 spiro atoms. The number of nitrogens with one attached hydrogen (secondary N) is 1. The normalized spacial score (nSPS) is 10.4. The molecule has 0 radical (unpaired) electrons. The zero-order valence-electron chi connectivity index (χ0n) is 15.0. The van der Waals surface area contributed by atoms with Gasteiger partial charge in [0.15, 0.2) is 5.16 Å². The van der Waals surface area contributed by atoms with E-state index in [-0.39, 0.29) is 5.56 Å². The van der Waals surface area contributed by atoms with Gasteiger partial charge in [-0.25, -0.2) is 4.98 Å². The maximum Gasteiger partial charge on any atom is 0.270 e. The number of unbranched alkanes of at least 4 members (excludes halogenated alkanes) is 1. The molecule has 5 nitrogen and oxygen atoms in total. The Balaban J connectivity index is 1.55. The first-order chi connectivity index (χ1) is 13.7. The van der Waals surface area contributed by atoms with Gasteiger partial charge in [0.1, 0.15) is 17.4 Å². The van der Waals surface area contributed by atoms with Crippen LogP contribution in [0.5, 0.6) is 5.75 Å². The van der Waals surface area contributed by atoms with Crippen molar-refractivity contribution in [3.63, 3.8) is 0 Å². The summed E-state index contributed by atoms with van der Waals surface area (Å²) in [7, 11) is 0.